The molecule has 0 amide bonds. The number of hydrogen-bond donors (Lipinski definition) is 2. The lowest BCUT2D eigenvalue weighted by molar-refractivity contribution is -0.388. The van der Waals surface area contributed by atoms with Crippen molar-refractivity contribution < 1.29 is 4.92 Å². The molecule has 9 nitrogen and oxygen atoms in total. The maximum absolute atomic E-state index is 10.7. The van der Waals surface area contributed by atoms with Gasteiger partial charge in [-0.2, -0.15) is 0 Å². The van der Waals surface area contributed by atoms with Gasteiger partial charge in [-0.3, -0.25) is 0 Å². The van der Waals surface area contributed by atoms with Crippen LogP contribution in [0, 0.1) is 10.1 Å². The highest BCUT2D eigenvalue weighted by Gasteiger charge is 2.19. The zero-order chi connectivity index (χ0) is 12.4. The quantitative estimate of drug-likeness (QED) is 0.595. The Morgan fingerprint density at radius 1 is 1.65 bits per heavy atom. The van der Waals surface area contributed by atoms with Crippen molar-refractivity contribution >= 4 is 11.5 Å². The minimum Gasteiger partial charge on any atom is -0.367 e. The molecule has 0 aliphatic rings. The van der Waals surface area contributed by atoms with Gasteiger partial charge in [-0.1, -0.05) is 5.10 Å². The molecule has 17 heavy (non-hydrogen) atoms. The zero-order valence-corrected chi connectivity index (χ0v) is 9.28. The second-order valence-electron chi connectivity index (χ2n) is 3.56. The monoisotopic (exact) mass is 237 g/mol. The van der Waals surface area contributed by atoms with Crippen molar-refractivity contribution in [1.29, 1.82) is 0 Å². The molecule has 1 unspecified atom stereocenters. The average Bonchev–Trinajstić information content (AvgIpc) is 2.86. The standard InChI is InChI=1S/C8H11N7O2/c1-5(7-12-10-4-14(7)2)11-6-3-9-13-8(6)15(16)17/h3-5,11H,1-2H3,(H,9,13). The van der Waals surface area contributed by atoms with E-state index in [0.717, 1.165) is 0 Å². The van der Waals surface area contributed by atoms with Crippen molar-refractivity contribution in [3.63, 3.8) is 0 Å². The van der Waals surface area contributed by atoms with E-state index in [1.54, 1.807) is 17.9 Å². The Balaban J connectivity index is 2.19. The first-order chi connectivity index (χ1) is 8.09. The van der Waals surface area contributed by atoms with Crippen molar-refractivity contribution in [3.05, 3.63) is 28.5 Å². The number of aryl methyl sites for hydroxylation is 1. The predicted molar refractivity (Wildman–Crippen MR) is 58.3 cm³/mol. The number of nitrogens with one attached hydrogen (secondary N) is 2. The number of rotatable bonds is 4. The third-order valence-electron chi connectivity index (χ3n) is 2.31. The van der Waals surface area contributed by atoms with Gasteiger partial charge >= 0.3 is 5.82 Å². The van der Waals surface area contributed by atoms with Gasteiger partial charge in [0.1, 0.15) is 12.5 Å². The minimum atomic E-state index is -0.529. The van der Waals surface area contributed by atoms with Crippen LogP contribution in [0.4, 0.5) is 11.5 Å². The Morgan fingerprint density at radius 2 is 2.41 bits per heavy atom. The Kier molecular flexibility index (Phi) is 2.73. The molecule has 0 bridgehead atoms. The van der Waals surface area contributed by atoms with E-state index < -0.39 is 4.92 Å². The van der Waals surface area contributed by atoms with E-state index in [2.05, 4.69) is 25.7 Å². The highest BCUT2D eigenvalue weighted by molar-refractivity contribution is 5.56. The molecule has 2 aromatic rings. The third-order valence-corrected chi connectivity index (χ3v) is 2.31. The number of anilines is 1. The van der Waals surface area contributed by atoms with E-state index in [-0.39, 0.29) is 11.9 Å². The highest BCUT2D eigenvalue weighted by atomic mass is 16.6. The van der Waals surface area contributed by atoms with Crippen molar-refractivity contribution in [2.24, 2.45) is 7.05 Å². The summed E-state index contributed by atoms with van der Waals surface area (Å²) < 4.78 is 1.74. The van der Waals surface area contributed by atoms with Gasteiger partial charge in [0.25, 0.3) is 0 Å². The molecule has 9 heteroatoms. The smallest absolute Gasteiger partial charge is 0.366 e. The minimum absolute atomic E-state index is 0.168. The van der Waals surface area contributed by atoms with Crippen LogP contribution in [0.5, 0.6) is 0 Å². The van der Waals surface area contributed by atoms with Gasteiger partial charge in [0.15, 0.2) is 11.5 Å². The molecular weight excluding hydrogens is 226 g/mol. The molecule has 0 fully saturated rings. The summed E-state index contributed by atoms with van der Waals surface area (Å²) >= 11 is 0. The molecule has 2 aromatic heterocycles. The number of aromatic amines is 1. The molecule has 0 saturated heterocycles. The van der Waals surface area contributed by atoms with E-state index >= 15 is 0 Å². The van der Waals surface area contributed by atoms with E-state index in [1.807, 2.05) is 6.92 Å². The fourth-order valence-electron chi connectivity index (χ4n) is 1.51. The predicted octanol–water partition coefficient (Wildman–Crippen LogP) is 0.619. The van der Waals surface area contributed by atoms with Gasteiger partial charge in [0, 0.05) is 7.05 Å². The fourth-order valence-corrected chi connectivity index (χ4v) is 1.51. The Hall–Kier alpha value is -2.45. The molecule has 0 aliphatic heterocycles. The summed E-state index contributed by atoms with van der Waals surface area (Å²) in [7, 11) is 1.80. The summed E-state index contributed by atoms with van der Waals surface area (Å²) in [6.07, 6.45) is 2.93. The SMILES string of the molecule is CC(Nc1cn[nH]c1[N+](=O)[O-])c1nncn1C. The lowest BCUT2D eigenvalue weighted by Crippen LogP contribution is -2.12. The van der Waals surface area contributed by atoms with E-state index in [1.165, 1.54) is 6.20 Å². The Labute approximate surface area is 96.0 Å². The topological polar surface area (TPSA) is 115 Å². The lowest BCUT2D eigenvalue weighted by Gasteiger charge is -2.12. The number of hydrogen-bond acceptors (Lipinski definition) is 6. The first-order valence-corrected chi connectivity index (χ1v) is 4.87. The molecule has 2 rings (SSSR count). The van der Waals surface area contributed by atoms with Gasteiger partial charge in [-0.05, 0) is 11.8 Å². The molecular formula is C8H11N7O2. The Bertz CT molecular complexity index is 531. The van der Waals surface area contributed by atoms with Crippen LogP contribution < -0.4 is 5.32 Å². The zero-order valence-electron chi connectivity index (χ0n) is 9.28. The van der Waals surface area contributed by atoms with Gasteiger partial charge in [-0.25, -0.2) is 0 Å². The summed E-state index contributed by atoms with van der Waals surface area (Å²) in [5, 5.41) is 27.2. The van der Waals surface area contributed by atoms with Crippen LogP contribution in [0.3, 0.4) is 0 Å². The van der Waals surface area contributed by atoms with Gasteiger partial charge in [-0.15, -0.1) is 15.3 Å². The number of H-pyrrole nitrogens is 1. The maximum Gasteiger partial charge on any atom is 0.366 e. The van der Waals surface area contributed by atoms with Crippen LogP contribution in [0.15, 0.2) is 12.5 Å². The van der Waals surface area contributed by atoms with Gasteiger partial charge in [0.2, 0.25) is 0 Å². The number of aromatic nitrogens is 5. The summed E-state index contributed by atoms with van der Waals surface area (Å²) in [6, 6.07) is -0.209. The fraction of sp³-hybridized carbons (Fsp3) is 0.375. The molecule has 0 saturated carbocycles. The van der Waals surface area contributed by atoms with Crippen LogP contribution in [-0.2, 0) is 7.05 Å². The molecule has 1 atom stereocenters. The number of nitro groups is 1. The molecule has 90 valence electrons. The van der Waals surface area contributed by atoms with Crippen LogP contribution >= 0.6 is 0 Å². The van der Waals surface area contributed by atoms with Crippen molar-refractivity contribution in [1.82, 2.24) is 25.0 Å². The van der Waals surface area contributed by atoms with Crippen LogP contribution in [0.1, 0.15) is 18.8 Å². The first-order valence-electron chi connectivity index (χ1n) is 4.87. The summed E-state index contributed by atoms with van der Waals surface area (Å²) in [4.78, 5) is 10.1. The van der Waals surface area contributed by atoms with Crippen LogP contribution in [-0.4, -0.2) is 29.9 Å². The molecule has 0 spiro atoms. The summed E-state index contributed by atoms with van der Waals surface area (Å²) in [5.41, 5.74) is 0.325. The summed E-state index contributed by atoms with van der Waals surface area (Å²) in [5.74, 6) is 0.513. The van der Waals surface area contributed by atoms with Crippen molar-refractivity contribution in [2.75, 3.05) is 5.32 Å². The van der Waals surface area contributed by atoms with Gasteiger partial charge in [0.05, 0.1) is 6.04 Å². The van der Waals surface area contributed by atoms with E-state index in [0.29, 0.717) is 11.5 Å². The van der Waals surface area contributed by atoms with E-state index in [4.69, 9.17) is 0 Å². The van der Waals surface area contributed by atoms with E-state index in [9.17, 15) is 10.1 Å². The second-order valence-corrected chi connectivity index (χ2v) is 3.56. The molecule has 2 heterocycles. The van der Waals surface area contributed by atoms with Crippen LogP contribution in [0.25, 0.3) is 0 Å². The number of nitrogens with zero attached hydrogens (tertiary/aromatic N) is 5. The molecule has 0 radical (unpaired) electrons. The van der Waals surface area contributed by atoms with Crippen molar-refractivity contribution in [2.45, 2.75) is 13.0 Å². The molecule has 0 aliphatic carbocycles. The highest BCUT2D eigenvalue weighted by Crippen LogP contribution is 2.24. The second kappa shape index (κ2) is 4.20. The normalized spacial score (nSPS) is 12.4. The average molecular weight is 237 g/mol. The summed E-state index contributed by atoms with van der Waals surface area (Å²) in [6.45, 7) is 1.83. The molecule has 0 aromatic carbocycles. The largest absolute Gasteiger partial charge is 0.367 e. The van der Waals surface area contributed by atoms with Crippen molar-refractivity contribution in [3.8, 4) is 0 Å². The third kappa shape index (κ3) is 2.07. The molecule has 2 N–H and O–H groups in total. The maximum atomic E-state index is 10.7. The first kappa shape index (κ1) is 11.0. The Morgan fingerprint density at radius 3 is 3.00 bits per heavy atom. The van der Waals surface area contributed by atoms with Crippen LogP contribution in [0.2, 0.25) is 0 Å². The lowest BCUT2D eigenvalue weighted by atomic mass is 10.3. The van der Waals surface area contributed by atoms with Gasteiger partial charge < -0.3 is 20.0 Å².